The largest absolute Gasteiger partial charge is 0.481 e. The van der Waals surface area contributed by atoms with Crippen LogP contribution in [-0.4, -0.2) is 30.2 Å². The topological polar surface area (TPSA) is 78.4 Å². The van der Waals surface area contributed by atoms with E-state index in [1.165, 1.54) is 4.88 Å². The summed E-state index contributed by atoms with van der Waals surface area (Å²) in [4.78, 5) is 23.8. The SMILES string of the molecule is CCC(C)(CNC(=O)NCCc1cccs1)C(=O)O. The molecule has 1 atom stereocenters. The monoisotopic (exact) mass is 284 g/mol. The molecule has 1 rings (SSSR count). The second-order valence-electron chi connectivity index (χ2n) is 4.66. The van der Waals surface area contributed by atoms with Crippen molar-refractivity contribution in [1.29, 1.82) is 0 Å². The average Bonchev–Trinajstić information content (AvgIpc) is 2.89. The molecular weight excluding hydrogens is 264 g/mol. The normalized spacial score (nSPS) is 13.6. The summed E-state index contributed by atoms with van der Waals surface area (Å²) in [5.74, 6) is -0.895. The third-order valence-corrected chi connectivity index (χ3v) is 4.11. The van der Waals surface area contributed by atoms with Crippen LogP contribution in [0, 0.1) is 5.41 Å². The number of carboxylic acids is 1. The van der Waals surface area contributed by atoms with Gasteiger partial charge in [-0.3, -0.25) is 4.79 Å². The summed E-state index contributed by atoms with van der Waals surface area (Å²) in [7, 11) is 0. The summed E-state index contributed by atoms with van der Waals surface area (Å²) in [6.45, 7) is 4.09. The van der Waals surface area contributed by atoms with E-state index in [1.54, 1.807) is 25.2 Å². The molecule has 0 fully saturated rings. The molecular formula is C13H20N2O3S. The Morgan fingerprint density at radius 1 is 1.42 bits per heavy atom. The van der Waals surface area contributed by atoms with Gasteiger partial charge in [-0.05, 0) is 31.2 Å². The molecule has 2 amide bonds. The van der Waals surface area contributed by atoms with E-state index in [2.05, 4.69) is 10.6 Å². The van der Waals surface area contributed by atoms with Gasteiger partial charge in [-0.15, -0.1) is 11.3 Å². The van der Waals surface area contributed by atoms with Crippen LogP contribution in [0.4, 0.5) is 4.79 Å². The van der Waals surface area contributed by atoms with E-state index in [0.29, 0.717) is 13.0 Å². The minimum Gasteiger partial charge on any atom is -0.481 e. The Bertz CT molecular complexity index is 420. The quantitative estimate of drug-likeness (QED) is 0.717. The zero-order valence-electron chi connectivity index (χ0n) is 11.2. The number of hydrogen-bond acceptors (Lipinski definition) is 3. The maximum Gasteiger partial charge on any atom is 0.314 e. The molecule has 0 aliphatic rings. The highest BCUT2D eigenvalue weighted by Gasteiger charge is 2.31. The van der Waals surface area contributed by atoms with Gasteiger partial charge in [-0.1, -0.05) is 13.0 Å². The Morgan fingerprint density at radius 2 is 2.16 bits per heavy atom. The minimum absolute atomic E-state index is 0.129. The minimum atomic E-state index is -0.912. The van der Waals surface area contributed by atoms with Crippen LogP contribution in [0.5, 0.6) is 0 Å². The van der Waals surface area contributed by atoms with Crippen molar-refractivity contribution in [2.45, 2.75) is 26.7 Å². The Morgan fingerprint density at radius 3 is 2.68 bits per heavy atom. The number of carbonyl (C=O) groups excluding carboxylic acids is 1. The average molecular weight is 284 g/mol. The number of aliphatic carboxylic acids is 1. The third-order valence-electron chi connectivity index (χ3n) is 3.17. The molecule has 3 N–H and O–H groups in total. The van der Waals surface area contributed by atoms with Crippen molar-refractivity contribution in [2.24, 2.45) is 5.41 Å². The Kier molecular flexibility index (Phi) is 5.82. The molecule has 1 aromatic rings. The van der Waals surface area contributed by atoms with Crippen molar-refractivity contribution in [3.63, 3.8) is 0 Å². The fourth-order valence-electron chi connectivity index (χ4n) is 1.44. The summed E-state index contributed by atoms with van der Waals surface area (Å²) < 4.78 is 0. The smallest absolute Gasteiger partial charge is 0.314 e. The number of rotatable bonds is 7. The van der Waals surface area contributed by atoms with Gasteiger partial charge in [0.2, 0.25) is 0 Å². The maximum absolute atomic E-state index is 11.5. The number of amides is 2. The molecule has 0 spiro atoms. The van der Waals surface area contributed by atoms with Crippen LogP contribution in [0.1, 0.15) is 25.1 Å². The number of thiophene rings is 1. The Hall–Kier alpha value is -1.56. The van der Waals surface area contributed by atoms with Gasteiger partial charge in [-0.2, -0.15) is 0 Å². The lowest BCUT2D eigenvalue weighted by molar-refractivity contribution is -0.147. The van der Waals surface area contributed by atoms with E-state index in [0.717, 1.165) is 6.42 Å². The molecule has 1 aromatic heterocycles. The molecule has 1 heterocycles. The third kappa shape index (κ3) is 4.90. The van der Waals surface area contributed by atoms with Crippen LogP contribution < -0.4 is 10.6 Å². The summed E-state index contributed by atoms with van der Waals surface area (Å²) >= 11 is 1.65. The molecule has 19 heavy (non-hydrogen) atoms. The first-order valence-corrected chi connectivity index (χ1v) is 7.13. The first-order valence-electron chi connectivity index (χ1n) is 6.25. The lowest BCUT2D eigenvalue weighted by Crippen LogP contribution is -2.45. The van der Waals surface area contributed by atoms with Crippen molar-refractivity contribution >= 4 is 23.3 Å². The van der Waals surface area contributed by atoms with E-state index >= 15 is 0 Å². The van der Waals surface area contributed by atoms with Crippen LogP contribution in [0.25, 0.3) is 0 Å². The van der Waals surface area contributed by atoms with Gasteiger partial charge in [0.1, 0.15) is 0 Å². The van der Waals surface area contributed by atoms with Gasteiger partial charge in [0, 0.05) is 18.0 Å². The number of nitrogens with one attached hydrogen (secondary N) is 2. The van der Waals surface area contributed by atoms with Crippen LogP contribution >= 0.6 is 11.3 Å². The van der Waals surface area contributed by atoms with E-state index in [1.807, 2.05) is 17.5 Å². The number of hydrogen-bond donors (Lipinski definition) is 3. The van der Waals surface area contributed by atoms with Gasteiger partial charge < -0.3 is 15.7 Å². The zero-order valence-corrected chi connectivity index (χ0v) is 12.0. The van der Waals surface area contributed by atoms with Crippen molar-refractivity contribution in [3.05, 3.63) is 22.4 Å². The second kappa shape index (κ2) is 7.13. The van der Waals surface area contributed by atoms with Crippen molar-refractivity contribution in [2.75, 3.05) is 13.1 Å². The standard InChI is InChI=1S/C13H20N2O3S/c1-3-13(2,11(16)17)9-15-12(18)14-7-6-10-5-4-8-19-10/h4-5,8H,3,6-7,9H2,1-2H3,(H,16,17)(H2,14,15,18). The number of urea groups is 1. The lowest BCUT2D eigenvalue weighted by Gasteiger charge is -2.23. The highest BCUT2D eigenvalue weighted by molar-refractivity contribution is 7.09. The molecule has 0 aliphatic carbocycles. The highest BCUT2D eigenvalue weighted by Crippen LogP contribution is 2.19. The van der Waals surface area contributed by atoms with E-state index in [9.17, 15) is 9.59 Å². The van der Waals surface area contributed by atoms with Gasteiger partial charge in [0.05, 0.1) is 5.41 Å². The molecule has 1 unspecified atom stereocenters. The zero-order chi connectivity index (χ0) is 14.3. The van der Waals surface area contributed by atoms with Gasteiger partial charge >= 0.3 is 12.0 Å². The fraction of sp³-hybridized carbons (Fsp3) is 0.538. The fourth-order valence-corrected chi connectivity index (χ4v) is 2.15. The predicted molar refractivity (Wildman–Crippen MR) is 75.5 cm³/mol. The predicted octanol–water partition coefficient (Wildman–Crippen LogP) is 2.09. The Labute approximate surface area is 117 Å². The summed E-state index contributed by atoms with van der Waals surface area (Å²) in [6.07, 6.45) is 1.26. The Balaban J connectivity index is 2.26. The van der Waals surface area contributed by atoms with Gasteiger partial charge in [-0.25, -0.2) is 4.79 Å². The van der Waals surface area contributed by atoms with E-state index in [4.69, 9.17) is 5.11 Å². The molecule has 106 valence electrons. The van der Waals surface area contributed by atoms with Crippen LogP contribution in [-0.2, 0) is 11.2 Å². The summed E-state index contributed by atoms with van der Waals surface area (Å²) in [6, 6.07) is 3.67. The van der Waals surface area contributed by atoms with Crippen LogP contribution in [0.3, 0.4) is 0 Å². The van der Waals surface area contributed by atoms with Gasteiger partial charge in [0.25, 0.3) is 0 Å². The molecule has 0 radical (unpaired) electrons. The first kappa shape index (κ1) is 15.5. The highest BCUT2D eigenvalue weighted by atomic mass is 32.1. The molecule has 0 bridgehead atoms. The lowest BCUT2D eigenvalue weighted by atomic mass is 9.88. The first-order chi connectivity index (χ1) is 8.98. The maximum atomic E-state index is 11.5. The second-order valence-corrected chi connectivity index (χ2v) is 5.69. The van der Waals surface area contributed by atoms with Crippen molar-refractivity contribution < 1.29 is 14.7 Å². The molecule has 0 saturated carbocycles. The molecule has 5 nitrogen and oxygen atoms in total. The summed E-state index contributed by atoms with van der Waals surface area (Å²) in [5.41, 5.74) is -0.912. The molecule has 0 saturated heterocycles. The summed E-state index contributed by atoms with van der Waals surface area (Å²) in [5, 5.41) is 16.4. The molecule has 6 heteroatoms. The van der Waals surface area contributed by atoms with Crippen molar-refractivity contribution in [3.8, 4) is 0 Å². The van der Waals surface area contributed by atoms with Gasteiger partial charge in [0.15, 0.2) is 0 Å². The van der Waals surface area contributed by atoms with Crippen LogP contribution in [0.2, 0.25) is 0 Å². The number of carbonyl (C=O) groups is 2. The molecule has 0 aromatic carbocycles. The van der Waals surface area contributed by atoms with E-state index in [-0.39, 0.29) is 12.6 Å². The van der Waals surface area contributed by atoms with Crippen LogP contribution in [0.15, 0.2) is 17.5 Å². The van der Waals surface area contributed by atoms with Crippen molar-refractivity contribution in [1.82, 2.24) is 10.6 Å². The number of carboxylic acid groups (broad SMARTS) is 1. The molecule has 0 aliphatic heterocycles. The van der Waals surface area contributed by atoms with E-state index < -0.39 is 11.4 Å².